The predicted molar refractivity (Wildman–Crippen MR) is 135 cm³/mol. The summed E-state index contributed by atoms with van der Waals surface area (Å²) in [5.74, 6) is -0.169. The van der Waals surface area contributed by atoms with Crippen LogP contribution in [0, 0.1) is 6.92 Å². The Labute approximate surface area is 204 Å². The number of piperazine rings is 1. The lowest BCUT2D eigenvalue weighted by Crippen LogP contribution is -2.50. The molecule has 0 radical (unpaired) electrons. The highest BCUT2D eigenvalue weighted by atomic mass is 32.1. The fourth-order valence-electron chi connectivity index (χ4n) is 4.74. The summed E-state index contributed by atoms with van der Waals surface area (Å²) in [7, 11) is 0. The van der Waals surface area contributed by atoms with Crippen molar-refractivity contribution in [3.8, 4) is 0 Å². The van der Waals surface area contributed by atoms with Crippen LogP contribution in [0.2, 0.25) is 0 Å². The third kappa shape index (κ3) is 5.05. The Balaban J connectivity index is 1.15. The van der Waals surface area contributed by atoms with Gasteiger partial charge in [0.25, 0.3) is 5.91 Å². The average molecular weight is 475 g/mol. The molecule has 3 aromatic rings. The number of benzene rings is 2. The van der Waals surface area contributed by atoms with Crippen molar-refractivity contribution in [2.24, 2.45) is 0 Å². The van der Waals surface area contributed by atoms with Crippen molar-refractivity contribution in [1.29, 1.82) is 0 Å². The largest absolute Gasteiger partial charge is 0.340 e. The maximum atomic E-state index is 13.3. The Kier molecular flexibility index (Phi) is 6.74. The molecule has 34 heavy (non-hydrogen) atoms. The topological polar surface area (TPSA) is 65.5 Å². The van der Waals surface area contributed by atoms with E-state index in [2.05, 4.69) is 39.5 Å². The molecular weight excluding hydrogens is 444 g/mol. The van der Waals surface area contributed by atoms with Gasteiger partial charge in [-0.3, -0.25) is 19.8 Å². The molecule has 2 heterocycles. The summed E-state index contributed by atoms with van der Waals surface area (Å²) in [5.41, 5.74) is 3.94. The summed E-state index contributed by atoms with van der Waals surface area (Å²) >= 11 is 1.50. The minimum Gasteiger partial charge on any atom is -0.340 e. The summed E-state index contributed by atoms with van der Waals surface area (Å²) in [6.45, 7) is 6.37. The van der Waals surface area contributed by atoms with Crippen molar-refractivity contribution in [3.63, 3.8) is 0 Å². The summed E-state index contributed by atoms with van der Waals surface area (Å²) < 4.78 is 0. The molecule has 176 valence electrons. The molecule has 1 unspecified atom stereocenters. The second-order valence-electron chi connectivity index (χ2n) is 9.14. The van der Waals surface area contributed by atoms with Crippen LogP contribution in [0.25, 0.3) is 0 Å². The number of fused-ring (bicyclic) bond motifs is 1. The maximum Gasteiger partial charge on any atom is 0.257 e. The first-order chi connectivity index (χ1) is 16.6. The Morgan fingerprint density at radius 2 is 1.76 bits per heavy atom. The summed E-state index contributed by atoms with van der Waals surface area (Å²) in [4.78, 5) is 36.1. The molecule has 0 spiro atoms. The molecule has 0 saturated carbocycles. The lowest BCUT2D eigenvalue weighted by molar-refractivity contribution is -0.134. The fraction of sp³-hybridized carbons (Fsp3) is 0.370. The number of aromatic nitrogens is 1. The Morgan fingerprint density at radius 1 is 1.03 bits per heavy atom. The molecule has 1 atom stereocenters. The van der Waals surface area contributed by atoms with Gasteiger partial charge in [-0.1, -0.05) is 48.0 Å². The first-order valence-electron chi connectivity index (χ1n) is 12.0. The molecule has 1 aliphatic carbocycles. The third-order valence-corrected chi connectivity index (χ3v) is 7.84. The predicted octanol–water partition coefficient (Wildman–Crippen LogP) is 4.12. The van der Waals surface area contributed by atoms with Gasteiger partial charge in [-0.05, 0) is 43.9 Å². The van der Waals surface area contributed by atoms with E-state index in [1.165, 1.54) is 16.9 Å². The number of carbonyl (C=O) groups is 2. The number of carbonyl (C=O) groups excluding carboxylic acids is 2. The van der Waals surface area contributed by atoms with E-state index < -0.39 is 0 Å². The monoisotopic (exact) mass is 474 g/mol. The van der Waals surface area contributed by atoms with E-state index >= 15 is 0 Å². The Morgan fingerprint density at radius 3 is 2.50 bits per heavy atom. The Hall–Kier alpha value is -3.03. The molecule has 1 saturated heterocycles. The van der Waals surface area contributed by atoms with Gasteiger partial charge in [0.1, 0.15) is 0 Å². The molecule has 2 amide bonds. The second-order valence-corrected chi connectivity index (χ2v) is 10.2. The van der Waals surface area contributed by atoms with E-state index in [4.69, 9.17) is 0 Å². The van der Waals surface area contributed by atoms with Crippen LogP contribution in [-0.4, -0.2) is 59.3 Å². The van der Waals surface area contributed by atoms with Crippen LogP contribution in [0.15, 0.2) is 54.6 Å². The molecule has 1 N–H and O–H groups in total. The zero-order chi connectivity index (χ0) is 23.5. The number of nitrogens with zero attached hydrogens (tertiary/aromatic N) is 3. The molecule has 6 nitrogen and oxygen atoms in total. The number of aryl methyl sites for hydroxylation is 2. The van der Waals surface area contributed by atoms with Gasteiger partial charge in [0.2, 0.25) is 5.91 Å². The third-order valence-electron chi connectivity index (χ3n) is 6.79. The van der Waals surface area contributed by atoms with Crippen LogP contribution >= 0.6 is 11.3 Å². The van der Waals surface area contributed by atoms with Crippen LogP contribution in [0.5, 0.6) is 0 Å². The highest BCUT2D eigenvalue weighted by molar-refractivity contribution is 7.16. The lowest BCUT2D eigenvalue weighted by Gasteiger charge is -2.36. The number of anilines is 1. The number of amides is 2. The molecule has 5 rings (SSSR count). The molecular formula is C27H30N4O2S. The van der Waals surface area contributed by atoms with Crippen molar-refractivity contribution in [2.75, 3.05) is 38.0 Å². The number of thiazole rings is 1. The molecule has 2 aliphatic rings. The standard InChI is InChI=1S/C27H30N4O2S/c1-19-7-9-21(10-8-19)25(32)29-27-28-24-22(11-12-23(24)34-27)26(33)31-17-15-30(16-18-31)14-13-20-5-3-2-4-6-20/h2-10,22H,11-18H2,1H3,(H,28,29,32). The molecule has 1 fully saturated rings. The van der Waals surface area contributed by atoms with Gasteiger partial charge >= 0.3 is 0 Å². The van der Waals surface area contributed by atoms with Crippen LogP contribution in [-0.2, 0) is 17.6 Å². The van der Waals surface area contributed by atoms with Crippen LogP contribution < -0.4 is 5.32 Å². The summed E-state index contributed by atoms with van der Waals surface area (Å²) in [6.07, 6.45) is 2.70. The minimum atomic E-state index is -0.188. The van der Waals surface area contributed by atoms with Gasteiger partial charge in [-0.2, -0.15) is 0 Å². The van der Waals surface area contributed by atoms with Gasteiger partial charge in [0.05, 0.1) is 11.6 Å². The van der Waals surface area contributed by atoms with E-state index in [-0.39, 0.29) is 17.7 Å². The van der Waals surface area contributed by atoms with Crippen molar-refractivity contribution in [2.45, 2.75) is 32.1 Å². The fourth-order valence-corrected chi connectivity index (χ4v) is 5.77. The van der Waals surface area contributed by atoms with Gasteiger partial charge in [0, 0.05) is 43.2 Å². The molecule has 2 aromatic carbocycles. The highest BCUT2D eigenvalue weighted by Gasteiger charge is 2.36. The van der Waals surface area contributed by atoms with Crippen LogP contribution in [0.1, 0.15) is 44.4 Å². The van der Waals surface area contributed by atoms with E-state index in [1.807, 2.05) is 42.2 Å². The first kappa shape index (κ1) is 22.7. The van der Waals surface area contributed by atoms with Crippen molar-refractivity contribution in [1.82, 2.24) is 14.8 Å². The van der Waals surface area contributed by atoms with Crippen molar-refractivity contribution >= 4 is 28.3 Å². The highest BCUT2D eigenvalue weighted by Crippen LogP contribution is 2.39. The zero-order valence-corrected chi connectivity index (χ0v) is 20.3. The summed E-state index contributed by atoms with van der Waals surface area (Å²) in [5, 5.41) is 3.50. The molecule has 7 heteroatoms. The molecule has 1 aromatic heterocycles. The maximum absolute atomic E-state index is 13.3. The zero-order valence-electron chi connectivity index (χ0n) is 19.5. The summed E-state index contributed by atoms with van der Waals surface area (Å²) in [6, 6.07) is 18.0. The number of nitrogens with one attached hydrogen (secondary N) is 1. The van der Waals surface area contributed by atoms with Crippen LogP contribution in [0.3, 0.4) is 0 Å². The van der Waals surface area contributed by atoms with Gasteiger partial charge < -0.3 is 4.90 Å². The smallest absolute Gasteiger partial charge is 0.257 e. The normalized spacial score (nSPS) is 18.0. The van der Waals surface area contributed by atoms with E-state index in [0.29, 0.717) is 10.7 Å². The minimum absolute atomic E-state index is 0.165. The SMILES string of the molecule is Cc1ccc(C(=O)Nc2nc3c(s2)CCC3C(=O)N2CCN(CCc3ccccc3)CC2)cc1. The van der Waals surface area contributed by atoms with Crippen LogP contribution in [0.4, 0.5) is 5.13 Å². The van der Waals surface area contributed by atoms with E-state index in [1.54, 1.807) is 0 Å². The van der Waals surface area contributed by atoms with Crippen molar-refractivity contribution in [3.05, 3.63) is 81.9 Å². The van der Waals surface area contributed by atoms with Gasteiger partial charge in [0.15, 0.2) is 5.13 Å². The van der Waals surface area contributed by atoms with E-state index in [9.17, 15) is 9.59 Å². The molecule has 1 aliphatic heterocycles. The number of rotatable bonds is 6. The quantitative estimate of drug-likeness (QED) is 0.584. The first-order valence-corrected chi connectivity index (χ1v) is 12.8. The number of hydrogen-bond donors (Lipinski definition) is 1. The van der Waals surface area contributed by atoms with E-state index in [0.717, 1.165) is 68.1 Å². The Bertz CT molecular complexity index is 1150. The van der Waals surface area contributed by atoms with Gasteiger partial charge in [-0.15, -0.1) is 11.3 Å². The van der Waals surface area contributed by atoms with Gasteiger partial charge in [-0.25, -0.2) is 4.98 Å². The lowest BCUT2D eigenvalue weighted by atomic mass is 10.1. The second kappa shape index (κ2) is 10.1. The van der Waals surface area contributed by atoms with Crippen molar-refractivity contribution < 1.29 is 9.59 Å². The number of hydrogen-bond acceptors (Lipinski definition) is 5. The average Bonchev–Trinajstić information content (AvgIpc) is 3.44. The molecule has 0 bridgehead atoms.